The van der Waals surface area contributed by atoms with Crippen molar-refractivity contribution in [2.45, 2.75) is 31.0 Å². The lowest BCUT2D eigenvalue weighted by Gasteiger charge is -2.42. The zero-order valence-corrected chi connectivity index (χ0v) is 16.4. The SMILES string of the molecule is CN(C)CCCNC[C@@]1(O)CCN(C(=O)Cc2ccc(Cl)cc2)C[C@@H]1O. The number of rotatable bonds is 8. The van der Waals surface area contributed by atoms with Crippen molar-refractivity contribution in [3.63, 3.8) is 0 Å². The maximum atomic E-state index is 12.5. The smallest absolute Gasteiger partial charge is 0.227 e. The number of piperidine rings is 1. The van der Waals surface area contributed by atoms with E-state index < -0.39 is 11.7 Å². The minimum Gasteiger partial charge on any atom is -0.388 e. The maximum absolute atomic E-state index is 12.5. The summed E-state index contributed by atoms with van der Waals surface area (Å²) in [5, 5.41) is 24.9. The van der Waals surface area contributed by atoms with Crippen LogP contribution in [0.4, 0.5) is 0 Å². The van der Waals surface area contributed by atoms with Gasteiger partial charge in [0.2, 0.25) is 5.91 Å². The quantitative estimate of drug-likeness (QED) is 0.577. The highest BCUT2D eigenvalue weighted by Gasteiger charge is 2.41. The Kier molecular flexibility index (Phi) is 7.85. The number of benzene rings is 1. The predicted octanol–water partition coefficient (Wildman–Crippen LogP) is 0.748. The van der Waals surface area contributed by atoms with Crippen LogP contribution in [0.5, 0.6) is 0 Å². The summed E-state index contributed by atoms with van der Waals surface area (Å²) in [5.74, 6) is -0.0487. The topological polar surface area (TPSA) is 76.0 Å². The number of nitrogens with one attached hydrogen (secondary N) is 1. The highest BCUT2D eigenvalue weighted by atomic mass is 35.5. The molecule has 1 heterocycles. The summed E-state index contributed by atoms with van der Waals surface area (Å²) >= 11 is 5.86. The van der Waals surface area contributed by atoms with Crippen LogP contribution in [0.3, 0.4) is 0 Å². The average Bonchev–Trinajstić information content (AvgIpc) is 2.59. The third-order valence-corrected chi connectivity index (χ3v) is 5.09. The van der Waals surface area contributed by atoms with E-state index in [1.54, 1.807) is 17.0 Å². The summed E-state index contributed by atoms with van der Waals surface area (Å²) in [5.41, 5.74) is -0.299. The van der Waals surface area contributed by atoms with Crippen molar-refractivity contribution >= 4 is 17.5 Å². The molecule has 0 aromatic heterocycles. The van der Waals surface area contributed by atoms with Gasteiger partial charge in [-0.25, -0.2) is 0 Å². The van der Waals surface area contributed by atoms with Crippen molar-refractivity contribution in [2.24, 2.45) is 0 Å². The van der Waals surface area contributed by atoms with Crippen molar-refractivity contribution < 1.29 is 15.0 Å². The molecule has 1 aromatic carbocycles. The molecule has 0 bridgehead atoms. The minimum absolute atomic E-state index is 0.0487. The van der Waals surface area contributed by atoms with Gasteiger partial charge in [-0.1, -0.05) is 23.7 Å². The Bertz CT molecular complexity index is 582. The molecule has 26 heavy (non-hydrogen) atoms. The summed E-state index contributed by atoms with van der Waals surface area (Å²) in [7, 11) is 4.04. The fraction of sp³-hybridized carbons (Fsp3) is 0.632. The van der Waals surface area contributed by atoms with Crippen LogP contribution in [0.15, 0.2) is 24.3 Å². The fourth-order valence-corrected chi connectivity index (χ4v) is 3.24. The number of carbonyl (C=O) groups is 1. The molecule has 1 fully saturated rings. The largest absolute Gasteiger partial charge is 0.388 e. The first-order chi connectivity index (χ1) is 12.3. The van der Waals surface area contributed by atoms with Gasteiger partial charge in [-0.3, -0.25) is 4.79 Å². The van der Waals surface area contributed by atoms with Gasteiger partial charge < -0.3 is 25.3 Å². The van der Waals surface area contributed by atoms with E-state index in [1.165, 1.54) is 0 Å². The first-order valence-electron chi connectivity index (χ1n) is 9.08. The number of aliphatic hydroxyl groups is 2. The van der Waals surface area contributed by atoms with Crippen LogP contribution in [0.25, 0.3) is 0 Å². The number of halogens is 1. The van der Waals surface area contributed by atoms with Crippen LogP contribution in [-0.2, 0) is 11.2 Å². The Morgan fingerprint density at radius 3 is 2.69 bits per heavy atom. The lowest BCUT2D eigenvalue weighted by atomic mass is 9.88. The highest BCUT2D eigenvalue weighted by Crippen LogP contribution is 2.23. The first kappa shape index (κ1) is 21.1. The third-order valence-electron chi connectivity index (χ3n) is 4.84. The lowest BCUT2D eigenvalue weighted by Crippen LogP contribution is -2.60. The molecular weight excluding hydrogens is 354 g/mol. The summed E-state index contributed by atoms with van der Waals surface area (Å²) in [4.78, 5) is 16.2. The zero-order chi connectivity index (χ0) is 19.2. The van der Waals surface area contributed by atoms with Gasteiger partial charge in [0.25, 0.3) is 0 Å². The number of nitrogens with zero attached hydrogens (tertiary/aromatic N) is 2. The van der Waals surface area contributed by atoms with Gasteiger partial charge in [-0.15, -0.1) is 0 Å². The summed E-state index contributed by atoms with van der Waals surface area (Å²) in [6.45, 7) is 2.69. The van der Waals surface area contributed by atoms with Crippen LogP contribution in [-0.4, -0.2) is 84.4 Å². The molecule has 7 heteroatoms. The van der Waals surface area contributed by atoms with Gasteiger partial charge in [0.05, 0.1) is 6.42 Å². The van der Waals surface area contributed by atoms with Crippen molar-refractivity contribution in [3.8, 4) is 0 Å². The van der Waals surface area contributed by atoms with Gasteiger partial charge in [-0.05, 0) is 57.7 Å². The normalized spacial score (nSPS) is 23.5. The number of likely N-dealkylation sites (tertiary alicyclic amines) is 1. The van der Waals surface area contributed by atoms with Crippen LogP contribution >= 0.6 is 11.6 Å². The van der Waals surface area contributed by atoms with E-state index in [0.29, 0.717) is 24.5 Å². The Morgan fingerprint density at radius 1 is 1.38 bits per heavy atom. The Balaban J connectivity index is 1.79. The molecule has 6 nitrogen and oxygen atoms in total. The molecule has 146 valence electrons. The molecule has 2 atom stereocenters. The van der Waals surface area contributed by atoms with Crippen LogP contribution < -0.4 is 5.32 Å². The molecule has 1 aliphatic heterocycles. The molecule has 0 spiro atoms. The van der Waals surface area contributed by atoms with Crippen molar-refractivity contribution in [3.05, 3.63) is 34.9 Å². The number of hydrogen-bond donors (Lipinski definition) is 3. The number of carbonyl (C=O) groups excluding carboxylic acids is 1. The van der Waals surface area contributed by atoms with Crippen molar-refractivity contribution in [1.82, 2.24) is 15.1 Å². The second-order valence-electron chi connectivity index (χ2n) is 7.35. The molecule has 0 unspecified atom stereocenters. The van der Waals surface area contributed by atoms with Gasteiger partial charge >= 0.3 is 0 Å². The maximum Gasteiger partial charge on any atom is 0.227 e. The molecule has 1 aliphatic rings. The Morgan fingerprint density at radius 2 is 2.08 bits per heavy atom. The van der Waals surface area contributed by atoms with E-state index in [0.717, 1.165) is 25.1 Å². The Labute approximate surface area is 160 Å². The van der Waals surface area contributed by atoms with Crippen LogP contribution in [0.2, 0.25) is 5.02 Å². The predicted molar refractivity (Wildman–Crippen MR) is 103 cm³/mol. The fourth-order valence-electron chi connectivity index (χ4n) is 3.11. The van der Waals surface area contributed by atoms with E-state index >= 15 is 0 Å². The summed E-state index contributed by atoms with van der Waals surface area (Å²) in [6.07, 6.45) is 0.656. The molecular formula is C19H30ClN3O3. The number of aliphatic hydroxyl groups excluding tert-OH is 1. The van der Waals surface area contributed by atoms with Crippen LogP contribution in [0, 0.1) is 0 Å². The first-order valence-corrected chi connectivity index (χ1v) is 9.46. The molecule has 0 aliphatic carbocycles. The summed E-state index contributed by atoms with van der Waals surface area (Å²) < 4.78 is 0. The number of hydrogen-bond acceptors (Lipinski definition) is 5. The van der Waals surface area contributed by atoms with Gasteiger partial charge in [-0.2, -0.15) is 0 Å². The number of β-amino-alcohol motifs (C(OH)–C–C–N with tert-alkyl or cyclic N) is 1. The molecule has 1 aromatic rings. The monoisotopic (exact) mass is 383 g/mol. The zero-order valence-electron chi connectivity index (χ0n) is 15.6. The Hall–Kier alpha value is -1.18. The van der Waals surface area contributed by atoms with Gasteiger partial charge in [0, 0.05) is 24.7 Å². The highest BCUT2D eigenvalue weighted by molar-refractivity contribution is 6.30. The number of amides is 1. The van der Waals surface area contributed by atoms with Crippen molar-refractivity contribution in [2.75, 3.05) is 46.8 Å². The molecule has 0 radical (unpaired) electrons. The van der Waals surface area contributed by atoms with E-state index in [1.807, 2.05) is 26.2 Å². The molecule has 1 saturated heterocycles. The van der Waals surface area contributed by atoms with E-state index in [-0.39, 0.29) is 18.9 Å². The van der Waals surface area contributed by atoms with E-state index in [2.05, 4.69) is 10.2 Å². The van der Waals surface area contributed by atoms with Crippen LogP contribution in [0.1, 0.15) is 18.4 Å². The third kappa shape index (κ3) is 6.21. The molecule has 0 saturated carbocycles. The average molecular weight is 384 g/mol. The van der Waals surface area contributed by atoms with Crippen molar-refractivity contribution in [1.29, 1.82) is 0 Å². The van der Waals surface area contributed by atoms with Gasteiger partial charge in [0.1, 0.15) is 11.7 Å². The van der Waals surface area contributed by atoms with Gasteiger partial charge in [0.15, 0.2) is 0 Å². The summed E-state index contributed by atoms with van der Waals surface area (Å²) in [6, 6.07) is 7.18. The second kappa shape index (κ2) is 9.67. The molecule has 1 amide bonds. The van der Waals surface area contributed by atoms with E-state index in [9.17, 15) is 15.0 Å². The molecule has 2 rings (SSSR count). The minimum atomic E-state index is -1.19. The molecule has 3 N–H and O–H groups in total. The standard InChI is InChI=1S/C19H30ClN3O3/c1-22(2)10-3-9-21-14-19(26)8-11-23(13-17(19)24)18(25)12-15-4-6-16(20)7-5-15/h4-7,17,21,24,26H,3,8-14H2,1-2H3/t17-,19-/m0/s1. The second-order valence-corrected chi connectivity index (χ2v) is 7.78. The lowest BCUT2D eigenvalue weighted by molar-refractivity contribution is -0.148. The van der Waals surface area contributed by atoms with E-state index in [4.69, 9.17) is 11.6 Å².